The van der Waals surface area contributed by atoms with Crippen LogP contribution in [0, 0.1) is 0 Å². The van der Waals surface area contributed by atoms with Gasteiger partial charge in [0, 0.05) is 30.8 Å². The van der Waals surface area contributed by atoms with Gasteiger partial charge < -0.3 is 10.0 Å². The molecule has 0 aromatic rings. The summed E-state index contributed by atoms with van der Waals surface area (Å²) in [5.41, 5.74) is 0. The van der Waals surface area contributed by atoms with Gasteiger partial charge in [-0.05, 0) is 29.3 Å². The average Bonchev–Trinajstić information content (AvgIpc) is 2.52. The van der Waals surface area contributed by atoms with Gasteiger partial charge in [0.2, 0.25) is 5.91 Å². The van der Waals surface area contributed by atoms with Gasteiger partial charge in [-0.15, -0.1) is 12.4 Å². The fraction of sp³-hybridized carbons (Fsp3) is 0.467. The molecule has 0 aromatic heterocycles. The molecule has 0 aliphatic rings. The zero-order valence-electron chi connectivity index (χ0n) is 14.9. The second-order valence-corrected chi connectivity index (χ2v) is 5.92. The van der Waals surface area contributed by atoms with E-state index in [4.69, 9.17) is 5.11 Å². The number of hydrogen-bond donors (Lipinski definition) is 1. The summed E-state index contributed by atoms with van der Waals surface area (Å²) >= 11 is 15.2. The third-order valence-electron chi connectivity index (χ3n) is 1.29. The minimum Gasteiger partial charge on any atom is -0.478 e. The Morgan fingerprint density at radius 3 is 1.38 bits per heavy atom. The van der Waals surface area contributed by atoms with Crippen molar-refractivity contribution >= 4 is 89.8 Å². The maximum absolute atomic E-state index is 10.7. The fourth-order valence-electron chi connectivity index (χ4n) is 0.440. The first-order chi connectivity index (χ1) is 11.5. The van der Waals surface area contributed by atoms with Crippen LogP contribution in [0.2, 0.25) is 0 Å². The van der Waals surface area contributed by atoms with Crippen molar-refractivity contribution < 1.29 is 24.3 Å². The first-order valence-electron chi connectivity index (χ1n) is 6.80. The molecule has 0 saturated heterocycles. The molecule has 0 atom stereocenters. The summed E-state index contributed by atoms with van der Waals surface area (Å²) in [6.45, 7) is 4.25. The summed E-state index contributed by atoms with van der Waals surface area (Å²) in [5, 5.41) is 6.98. The number of hydrogen-bond acceptors (Lipinski definition) is 4. The highest BCUT2D eigenvalue weighted by atomic mass is 79.9. The Morgan fingerprint density at radius 2 is 1.23 bits per heavy atom. The molecule has 11 heteroatoms. The van der Waals surface area contributed by atoms with Crippen LogP contribution in [0.5, 0.6) is 0 Å². The number of aliphatic carboxylic acids is 1. The summed E-state index contributed by atoms with van der Waals surface area (Å²) in [7, 11) is 3.45. The molecule has 0 unspecified atom stereocenters. The maximum atomic E-state index is 10.7. The number of amides is 1. The first kappa shape index (κ1) is 36.5. The SMILES string of the molecule is CCC.CN(C)C(=O)/C=C/CBr.Cl.O=C(Cl)C(=O)Cl.O=C(O)/C=C/CBr. The molecule has 0 aliphatic carbocycles. The van der Waals surface area contributed by atoms with E-state index in [-0.39, 0.29) is 18.3 Å². The number of carbonyl (C=O) groups is 4. The molecule has 0 spiro atoms. The van der Waals surface area contributed by atoms with E-state index in [1.54, 1.807) is 20.2 Å². The van der Waals surface area contributed by atoms with Crippen LogP contribution >= 0.6 is 67.5 Å². The van der Waals surface area contributed by atoms with E-state index < -0.39 is 16.5 Å². The predicted octanol–water partition coefficient (Wildman–Crippen LogP) is 4.40. The van der Waals surface area contributed by atoms with Gasteiger partial charge in [0.05, 0.1) is 0 Å². The first-order valence-corrected chi connectivity index (χ1v) is 9.79. The normalized spacial score (nSPS) is 8.62. The van der Waals surface area contributed by atoms with Crippen molar-refractivity contribution in [2.45, 2.75) is 20.3 Å². The molecule has 0 fully saturated rings. The van der Waals surface area contributed by atoms with Gasteiger partial charge in [-0.3, -0.25) is 14.4 Å². The van der Waals surface area contributed by atoms with E-state index in [9.17, 15) is 19.2 Å². The monoisotopic (exact) mass is 561 g/mol. The van der Waals surface area contributed by atoms with Gasteiger partial charge in [0.1, 0.15) is 0 Å². The Kier molecular flexibility index (Phi) is 41.2. The summed E-state index contributed by atoms with van der Waals surface area (Å²) in [5.74, 6) is -0.881. The topological polar surface area (TPSA) is 91.8 Å². The molecule has 0 saturated carbocycles. The number of nitrogens with zero attached hydrogens (tertiary/aromatic N) is 1. The second kappa shape index (κ2) is 29.4. The number of carboxylic acid groups (broad SMARTS) is 1. The van der Waals surface area contributed by atoms with Crippen LogP contribution in [-0.4, -0.2) is 57.1 Å². The molecule has 0 radical (unpaired) electrons. The fourth-order valence-corrected chi connectivity index (χ4v) is 0.814. The van der Waals surface area contributed by atoms with E-state index in [0.29, 0.717) is 5.33 Å². The Morgan fingerprint density at radius 1 is 0.923 bits per heavy atom. The summed E-state index contributed by atoms with van der Waals surface area (Å²) in [6.07, 6.45) is 7.16. The molecular weight excluding hydrogens is 540 g/mol. The van der Waals surface area contributed by atoms with Crippen molar-refractivity contribution in [3.63, 3.8) is 0 Å². The Hall–Kier alpha value is -0.410. The van der Waals surface area contributed by atoms with Crippen molar-refractivity contribution in [2.24, 2.45) is 0 Å². The number of carboxylic acids is 1. The Balaban J connectivity index is -0.0000000786. The number of halogens is 5. The average molecular weight is 565 g/mol. The quantitative estimate of drug-likeness (QED) is 0.231. The summed E-state index contributed by atoms with van der Waals surface area (Å²) in [4.78, 5) is 40.8. The van der Waals surface area contributed by atoms with Crippen molar-refractivity contribution in [1.82, 2.24) is 4.90 Å². The molecular formula is C15H24Br2Cl3NO5. The Labute approximate surface area is 187 Å². The van der Waals surface area contributed by atoms with Gasteiger partial charge in [-0.2, -0.15) is 0 Å². The van der Waals surface area contributed by atoms with Crippen LogP contribution in [0.1, 0.15) is 20.3 Å². The molecule has 0 bridgehead atoms. The smallest absolute Gasteiger partial charge is 0.328 e. The van der Waals surface area contributed by atoms with Crippen LogP contribution in [0.4, 0.5) is 0 Å². The van der Waals surface area contributed by atoms with Gasteiger partial charge in [0.15, 0.2) is 0 Å². The number of alkyl halides is 2. The van der Waals surface area contributed by atoms with Gasteiger partial charge in [0.25, 0.3) is 0 Å². The highest BCUT2D eigenvalue weighted by Gasteiger charge is 2.01. The van der Waals surface area contributed by atoms with E-state index in [1.165, 1.54) is 23.5 Å². The molecule has 1 N–H and O–H groups in total. The largest absolute Gasteiger partial charge is 0.478 e. The molecule has 0 heterocycles. The Bertz CT molecular complexity index is 433. The lowest BCUT2D eigenvalue weighted by Crippen LogP contribution is -2.18. The van der Waals surface area contributed by atoms with Crippen LogP contribution in [0.25, 0.3) is 0 Å². The minimum atomic E-state index is -1.14. The molecule has 154 valence electrons. The number of likely N-dealkylation sites (N-methyl/N-ethyl adjacent to an activating group) is 1. The lowest BCUT2D eigenvalue weighted by Gasteiger charge is -2.04. The second-order valence-electron chi connectivity index (χ2n) is 3.94. The lowest BCUT2D eigenvalue weighted by atomic mass is 10.5. The van der Waals surface area contributed by atoms with Crippen molar-refractivity contribution in [3.8, 4) is 0 Å². The van der Waals surface area contributed by atoms with Gasteiger partial charge in [-0.1, -0.05) is 64.3 Å². The van der Waals surface area contributed by atoms with E-state index in [2.05, 4.69) is 68.9 Å². The zero-order valence-corrected chi connectivity index (χ0v) is 20.4. The number of rotatable bonds is 5. The molecule has 0 aliphatic heterocycles. The zero-order chi connectivity index (χ0) is 20.8. The standard InChI is InChI=1S/C6H10BrNO.C4H5BrO2.C3H8.C2Cl2O2.ClH/c1-8(2)6(9)4-3-5-7;5-3-1-2-4(6)7;1-3-2;3-1(5)2(4)6;/h3-4H,5H2,1-2H3;1-2H,3H2,(H,6,7);3H2,1-2H3;;1H/b4-3+;2-1+;;;. The molecule has 1 amide bonds. The predicted molar refractivity (Wildman–Crippen MR) is 117 cm³/mol. The van der Waals surface area contributed by atoms with Gasteiger partial charge in [-0.25, -0.2) is 4.79 Å². The third-order valence-corrected chi connectivity index (χ3v) is 2.48. The van der Waals surface area contributed by atoms with Crippen molar-refractivity contribution in [3.05, 3.63) is 24.3 Å². The summed E-state index contributed by atoms with van der Waals surface area (Å²) in [6, 6.07) is 0. The third kappa shape index (κ3) is 49.5. The number of allylic oxidation sites excluding steroid dienone is 2. The molecule has 26 heavy (non-hydrogen) atoms. The summed E-state index contributed by atoms with van der Waals surface area (Å²) < 4.78 is 0. The van der Waals surface area contributed by atoms with Gasteiger partial charge >= 0.3 is 16.5 Å². The number of carbonyl (C=O) groups excluding carboxylic acids is 3. The van der Waals surface area contributed by atoms with E-state index in [1.807, 2.05) is 0 Å². The van der Waals surface area contributed by atoms with Crippen LogP contribution in [-0.2, 0) is 19.2 Å². The van der Waals surface area contributed by atoms with E-state index >= 15 is 0 Å². The maximum Gasteiger partial charge on any atom is 0.328 e. The minimum absolute atomic E-state index is 0. The van der Waals surface area contributed by atoms with Crippen molar-refractivity contribution in [2.75, 3.05) is 24.8 Å². The highest BCUT2D eigenvalue weighted by Crippen LogP contribution is 1.85. The molecule has 6 nitrogen and oxygen atoms in total. The van der Waals surface area contributed by atoms with E-state index in [0.717, 1.165) is 11.4 Å². The van der Waals surface area contributed by atoms with Crippen LogP contribution in [0.3, 0.4) is 0 Å². The van der Waals surface area contributed by atoms with Crippen LogP contribution in [0.15, 0.2) is 24.3 Å². The van der Waals surface area contributed by atoms with Crippen molar-refractivity contribution in [1.29, 1.82) is 0 Å². The molecule has 0 aromatic carbocycles. The lowest BCUT2D eigenvalue weighted by molar-refractivity contribution is -0.131. The molecule has 0 rings (SSSR count). The highest BCUT2D eigenvalue weighted by molar-refractivity contribution is 9.09. The van der Waals surface area contributed by atoms with Crippen LogP contribution < -0.4 is 0 Å².